The van der Waals surface area contributed by atoms with Crippen LogP contribution in [0.1, 0.15) is 20.8 Å². The van der Waals surface area contributed by atoms with Gasteiger partial charge in [-0.3, -0.25) is 0 Å². The maximum Gasteiger partial charge on any atom is 0.457 e. The maximum absolute atomic E-state index is 9.07. The van der Waals surface area contributed by atoms with Crippen molar-refractivity contribution in [1.29, 1.82) is 0 Å². The quantitative estimate of drug-likeness (QED) is 0.580. The van der Waals surface area contributed by atoms with E-state index in [9.17, 15) is 0 Å². The van der Waals surface area contributed by atoms with Crippen LogP contribution in [0.15, 0.2) is 0 Å². The summed E-state index contributed by atoms with van der Waals surface area (Å²) >= 11 is 0. The molecule has 1 N–H and O–H groups in total. The summed E-state index contributed by atoms with van der Waals surface area (Å²) in [6, 6.07) is 0. The topological polar surface area (TPSA) is 29.5 Å². The molecule has 0 aromatic rings. The first kappa shape index (κ1) is 8.98. The highest BCUT2D eigenvalue weighted by Crippen LogP contribution is 2.18. The van der Waals surface area contributed by atoms with Gasteiger partial charge >= 0.3 is 7.12 Å². The standard InChI is InChI=1S/C6H15BO2/c1-5(2)6(3)7(8)9-4/h5-6,8H,1-4H3. The van der Waals surface area contributed by atoms with Crippen LogP contribution in [0.4, 0.5) is 0 Å². The summed E-state index contributed by atoms with van der Waals surface area (Å²) in [7, 11) is 0.911. The second-order valence-electron chi connectivity index (χ2n) is 2.73. The second kappa shape index (κ2) is 3.91. The van der Waals surface area contributed by atoms with Crippen molar-refractivity contribution >= 4 is 7.12 Å². The fourth-order valence-electron chi connectivity index (χ4n) is 0.544. The Balaban J connectivity index is 3.58. The highest BCUT2D eigenvalue weighted by molar-refractivity contribution is 6.44. The van der Waals surface area contributed by atoms with Crippen LogP contribution in [0.25, 0.3) is 0 Å². The average Bonchev–Trinajstić information content (AvgIpc) is 1.84. The molecule has 0 heterocycles. The molecule has 0 spiro atoms. The second-order valence-corrected chi connectivity index (χ2v) is 2.73. The molecule has 0 bridgehead atoms. The molecule has 0 fully saturated rings. The molecule has 0 amide bonds. The van der Waals surface area contributed by atoms with Gasteiger partial charge < -0.3 is 9.68 Å². The first-order valence-electron chi connectivity index (χ1n) is 3.30. The van der Waals surface area contributed by atoms with E-state index in [0.717, 1.165) is 0 Å². The molecule has 3 heteroatoms. The van der Waals surface area contributed by atoms with Gasteiger partial charge in [-0.1, -0.05) is 20.8 Å². The molecule has 0 radical (unpaired) electrons. The van der Waals surface area contributed by atoms with Crippen molar-refractivity contribution in [3.63, 3.8) is 0 Å². The maximum atomic E-state index is 9.07. The lowest BCUT2D eigenvalue weighted by atomic mass is 9.67. The minimum atomic E-state index is -0.606. The zero-order valence-corrected chi connectivity index (χ0v) is 6.59. The summed E-state index contributed by atoms with van der Waals surface area (Å²) < 4.78 is 4.73. The van der Waals surface area contributed by atoms with Gasteiger partial charge in [-0.15, -0.1) is 0 Å². The zero-order chi connectivity index (χ0) is 7.44. The minimum absolute atomic E-state index is 0.218. The lowest BCUT2D eigenvalue weighted by molar-refractivity contribution is 0.301. The molecular weight excluding hydrogens is 115 g/mol. The lowest BCUT2D eigenvalue weighted by Gasteiger charge is -2.15. The zero-order valence-electron chi connectivity index (χ0n) is 6.59. The summed E-state index contributed by atoms with van der Waals surface area (Å²) in [5, 5.41) is 9.07. The third-order valence-corrected chi connectivity index (χ3v) is 1.74. The average molecular weight is 130 g/mol. The van der Waals surface area contributed by atoms with Gasteiger partial charge in [0.1, 0.15) is 0 Å². The molecule has 0 aromatic carbocycles. The molecule has 0 rings (SSSR count). The Morgan fingerprint density at radius 3 is 1.89 bits per heavy atom. The van der Waals surface area contributed by atoms with Gasteiger partial charge in [0, 0.05) is 7.11 Å². The van der Waals surface area contributed by atoms with Crippen LogP contribution in [-0.2, 0) is 4.65 Å². The molecule has 1 atom stereocenters. The van der Waals surface area contributed by atoms with E-state index in [4.69, 9.17) is 9.68 Å². The molecule has 0 aliphatic heterocycles. The number of hydrogen-bond donors (Lipinski definition) is 1. The van der Waals surface area contributed by atoms with E-state index in [1.807, 2.05) is 6.92 Å². The fourth-order valence-corrected chi connectivity index (χ4v) is 0.544. The highest BCUT2D eigenvalue weighted by Gasteiger charge is 2.23. The van der Waals surface area contributed by atoms with Crippen molar-refractivity contribution in [3.05, 3.63) is 0 Å². The predicted molar refractivity (Wildman–Crippen MR) is 39.2 cm³/mol. The van der Waals surface area contributed by atoms with Gasteiger partial charge in [0.2, 0.25) is 0 Å². The SMILES string of the molecule is COB(O)C(C)C(C)C. The third-order valence-electron chi connectivity index (χ3n) is 1.74. The molecule has 9 heavy (non-hydrogen) atoms. The molecule has 2 nitrogen and oxygen atoms in total. The minimum Gasteiger partial charge on any atom is -0.427 e. The summed E-state index contributed by atoms with van der Waals surface area (Å²) in [6.07, 6.45) is 0. The van der Waals surface area contributed by atoms with Crippen LogP contribution < -0.4 is 0 Å². The van der Waals surface area contributed by atoms with Gasteiger partial charge in [-0.05, 0) is 11.7 Å². The normalized spacial score (nSPS) is 14.0. The van der Waals surface area contributed by atoms with E-state index in [2.05, 4.69) is 13.8 Å². The Labute approximate surface area is 57.4 Å². The first-order chi connectivity index (χ1) is 4.09. The molecule has 0 aromatic heterocycles. The van der Waals surface area contributed by atoms with Crippen molar-refractivity contribution in [3.8, 4) is 0 Å². The van der Waals surface area contributed by atoms with Crippen LogP contribution in [0, 0.1) is 5.92 Å². The highest BCUT2D eigenvalue weighted by atomic mass is 16.5. The Morgan fingerprint density at radius 2 is 1.78 bits per heavy atom. The molecule has 0 saturated carbocycles. The van der Waals surface area contributed by atoms with E-state index in [1.54, 1.807) is 0 Å². The largest absolute Gasteiger partial charge is 0.457 e. The van der Waals surface area contributed by atoms with Gasteiger partial charge in [0.05, 0.1) is 0 Å². The van der Waals surface area contributed by atoms with Crippen LogP contribution >= 0.6 is 0 Å². The molecule has 0 aliphatic carbocycles. The van der Waals surface area contributed by atoms with Crippen molar-refractivity contribution in [1.82, 2.24) is 0 Å². The van der Waals surface area contributed by atoms with E-state index in [1.165, 1.54) is 7.11 Å². The Bertz CT molecular complexity index is 75.5. The molecule has 1 unspecified atom stereocenters. The summed E-state index contributed by atoms with van der Waals surface area (Å²) in [6.45, 7) is 6.10. The Kier molecular flexibility index (Phi) is 3.90. The van der Waals surface area contributed by atoms with Crippen molar-refractivity contribution in [2.75, 3.05) is 7.11 Å². The van der Waals surface area contributed by atoms with Gasteiger partial charge in [-0.25, -0.2) is 0 Å². The van der Waals surface area contributed by atoms with Crippen LogP contribution in [0.2, 0.25) is 5.82 Å². The lowest BCUT2D eigenvalue weighted by Crippen LogP contribution is -2.24. The van der Waals surface area contributed by atoms with E-state index < -0.39 is 7.12 Å². The fraction of sp³-hybridized carbons (Fsp3) is 1.00. The first-order valence-corrected chi connectivity index (χ1v) is 3.30. The van der Waals surface area contributed by atoms with Crippen LogP contribution in [0.3, 0.4) is 0 Å². The van der Waals surface area contributed by atoms with E-state index in [-0.39, 0.29) is 5.82 Å². The third kappa shape index (κ3) is 2.87. The van der Waals surface area contributed by atoms with E-state index in [0.29, 0.717) is 5.92 Å². The summed E-state index contributed by atoms with van der Waals surface area (Å²) in [5.74, 6) is 0.690. The number of hydrogen-bond acceptors (Lipinski definition) is 2. The number of rotatable bonds is 3. The van der Waals surface area contributed by atoms with Gasteiger partial charge in [-0.2, -0.15) is 0 Å². The molecule has 0 saturated heterocycles. The molecular formula is C6H15BO2. The van der Waals surface area contributed by atoms with E-state index >= 15 is 0 Å². The van der Waals surface area contributed by atoms with Crippen molar-refractivity contribution < 1.29 is 9.68 Å². The molecule has 54 valence electrons. The molecule has 0 aliphatic rings. The van der Waals surface area contributed by atoms with Gasteiger partial charge in [0.25, 0.3) is 0 Å². The van der Waals surface area contributed by atoms with Crippen LogP contribution in [0.5, 0.6) is 0 Å². The monoisotopic (exact) mass is 130 g/mol. The summed E-state index contributed by atoms with van der Waals surface area (Å²) in [5.41, 5.74) is 0. The van der Waals surface area contributed by atoms with Gasteiger partial charge in [0.15, 0.2) is 0 Å². The van der Waals surface area contributed by atoms with Crippen molar-refractivity contribution in [2.45, 2.75) is 26.6 Å². The Hall–Kier alpha value is -0.0151. The predicted octanol–water partition coefficient (Wildman–Crippen LogP) is 1.16. The smallest absolute Gasteiger partial charge is 0.427 e. The Morgan fingerprint density at radius 1 is 1.33 bits per heavy atom. The van der Waals surface area contributed by atoms with Crippen molar-refractivity contribution in [2.24, 2.45) is 5.92 Å². The van der Waals surface area contributed by atoms with Crippen LogP contribution in [-0.4, -0.2) is 19.3 Å². The summed E-state index contributed by atoms with van der Waals surface area (Å²) in [4.78, 5) is 0.